The van der Waals surface area contributed by atoms with E-state index < -0.39 is 34.8 Å². The largest absolute Gasteiger partial charge is 0.480 e. The number of benzene rings is 1. The number of hydrogen-bond donors (Lipinski definition) is 4. The third-order valence-corrected chi connectivity index (χ3v) is 4.92. The number of thiol groups is 1. The van der Waals surface area contributed by atoms with Gasteiger partial charge in [0.15, 0.2) is 0 Å². The van der Waals surface area contributed by atoms with Crippen molar-refractivity contribution < 1.29 is 33.9 Å². The first-order chi connectivity index (χ1) is 15.0. The highest BCUT2D eigenvalue weighted by molar-refractivity contribution is 7.80. The fourth-order valence-electron chi connectivity index (χ4n) is 3.04. The van der Waals surface area contributed by atoms with E-state index >= 15 is 0 Å². The van der Waals surface area contributed by atoms with Gasteiger partial charge in [0.25, 0.3) is 5.69 Å². The number of hydrogen-bond acceptors (Lipinski definition) is 10. The number of methoxy groups -OCH3 is 2. The summed E-state index contributed by atoms with van der Waals surface area (Å²) in [4.78, 5) is 45.3. The van der Waals surface area contributed by atoms with E-state index in [1.807, 2.05) is 0 Å². The van der Waals surface area contributed by atoms with Crippen LogP contribution in [0.25, 0.3) is 0 Å². The van der Waals surface area contributed by atoms with Crippen molar-refractivity contribution in [3.63, 3.8) is 0 Å². The van der Waals surface area contributed by atoms with Gasteiger partial charge >= 0.3 is 17.9 Å². The number of nitrogens with one attached hydrogen (secondary N) is 1. The topological polar surface area (TPSA) is 171 Å². The summed E-state index contributed by atoms with van der Waals surface area (Å²) in [5.74, 6) is -3.14. The number of nitrogens with two attached hydrogens (primary N) is 1. The van der Waals surface area contributed by atoms with Crippen molar-refractivity contribution in [1.82, 2.24) is 5.32 Å². The molecule has 0 radical (unpaired) electrons. The number of nitro benzene ring substituents is 1. The summed E-state index contributed by atoms with van der Waals surface area (Å²) < 4.78 is 9.66. The molecule has 4 N–H and O–H groups in total. The smallest absolute Gasteiger partial charge is 0.336 e. The number of para-hydroxylation sites is 1. The zero-order valence-electron chi connectivity index (χ0n) is 17.9. The lowest BCUT2D eigenvalue weighted by atomic mass is 9.79. The monoisotopic (exact) mass is 467 g/mol. The molecule has 0 fully saturated rings. The SMILES string of the molecule is COC(=O)C1=C(C)NC(C)=C(C(=O)OC)C1c1ccccc1[N+](=O)[O-].NC(CS)C(=O)O. The molecule has 1 aliphatic rings. The summed E-state index contributed by atoms with van der Waals surface area (Å²) in [7, 11) is 2.42. The highest BCUT2D eigenvalue weighted by atomic mass is 32.1. The predicted octanol–water partition coefficient (Wildman–Crippen LogP) is 1.50. The molecule has 2 rings (SSSR count). The summed E-state index contributed by atoms with van der Waals surface area (Å²) >= 11 is 3.65. The lowest BCUT2D eigenvalue weighted by Gasteiger charge is -2.29. The van der Waals surface area contributed by atoms with Crippen molar-refractivity contribution in [3.8, 4) is 0 Å². The molecule has 1 heterocycles. The summed E-state index contributed by atoms with van der Waals surface area (Å²) in [6.07, 6.45) is 0. The van der Waals surface area contributed by atoms with E-state index in [1.54, 1.807) is 19.9 Å². The van der Waals surface area contributed by atoms with E-state index in [4.69, 9.17) is 20.3 Å². The molecule has 12 heteroatoms. The Kier molecular flexibility index (Phi) is 9.88. The minimum atomic E-state index is -1.00. The van der Waals surface area contributed by atoms with Crippen LogP contribution < -0.4 is 11.1 Å². The Bertz CT molecular complexity index is 935. The first-order valence-electron chi connectivity index (χ1n) is 9.19. The van der Waals surface area contributed by atoms with Crippen molar-refractivity contribution in [2.24, 2.45) is 5.73 Å². The van der Waals surface area contributed by atoms with Gasteiger partial charge in [0.2, 0.25) is 0 Å². The van der Waals surface area contributed by atoms with Crippen molar-refractivity contribution in [1.29, 1.82) is 0 Å². The number of aliphatic carboxylic acids is 1. The maximum absolute atomic E-state index is 12.3. The molecule has 0 aliphatic carbocycles. The van der Waals surface area contributed by atoms with Gasteiger partial charge in [-0.3, -0.25) is 14.9 Å². The second-order valence-corrected chi connectivity index (χ2v) is 6.93. The van der Waals surface area contributed by atoms with Crippen LogP contribution in [0.4, 0.5) is 5.69 Å². The van der Waals surface area contributed by atoms with Crippen molar-refractivity contribution in [2.45, 2.75) is 25.8 Å². The van der Waals surface area contributed by atoms with Gasteiger partial charge in [-0.25, -0.2) is 9.59 Å². The van der Waals surface area contributed by atoms with Crippen LogP contribution in [0.2, 0.25) is 0 Å². The molecular formula is C20H25N3O8S. The Morgan fingerprint density at radius 1 is 1.16 bits per heavy atom. The van der Waals surface area contributed by atoms with Crippen molar-refractivity contribution in [2.75, 3.05) is 20.0 Å². The Morgan fingerprint density at radius 2 is 1.62 bits per heavy atom. The van der Waals surface area contributed by atoms with E-state index in [9.17, 15) is 24.5 Å². The zero-order valence-corrected chi connectivity index (χ0v) is 18.8. The number of carboxylic acids is 1. The van der Waals surface area contributed by atoms with E-state index in [2.05, 4.69) is 17.9 Å². The van der Waals surface area contributed by atoms with Crippen LogP contribution in [0, 0.1) is 10.1 Å². The number of dihydropyridines is 1. The summed E-state index contributed by atoms with van der Waals surface area (Å²) in [6.45, 7) is 3.29. The van der Waals surface area contributed by atoms with Gasteiger partial charge in [0, 0.05) is 28.8 Å². The normalized spacial score (nSPS) is 14.6. The predicted molar refractivity (Wildman–Crippen MR) is 118 cm³/mol. The van der Waals surface area contributed by atoms with Gasteiger partial charge < -0.3 is 25.6 Å². The third kappa shape index (κ3) is 6.08. The Balaban J connectivity index is 0.000000633. The van der Waals surface area contributed by atoms with Crippen LogP contribution in [0.3, 0.4) is 0 Å². The van der Waals surface area contributed by atoms with Crippen molar-refractivity contribution >= 4 is 36.2 Å². The molecule has 32 heavy (non-hydrogen) atoms. The number of carboxylic acid groups (broad SMARTS) is 1. The van der Waals surface area contributed by atoms with Crippen molar-refractivity contribution in [3.05, 3.63) is 62.5 Å². The summed E-state index contributed by atoms with van der Waals surface area (Å²) in [6, 6.07) is 5.15. The maximum Gasteiger partial charge on any atom is 0.336 e. The van der Waals surface area contributed by atoms with Gasteiger partial charge in [-0.1, -0.05) is 18.2 Å². The second-order valence-electron chi connectivity index (χ2n) is 6.56. The maximum atomic E-state index is 12.3. The van der Waals surface area contributed by atoms with Gasteiger partial charge in [0.05, 0.1) is 36.2 Å². The van der Waals surface area contributed by atoms with E-state index in [1.165, 1.54) is 32.4 Å². The zero-order chi connectivity index (χ0) is 24.6. The number of esters is 2. The first-order valence-corrected chi connectivity index (χ1v) is 9.82. The van der Waals surface area contributed by atoms with E-state index in [0.29, 0.717) is 11.4 Å². The minimum Gasteiger partial charge on any atom is -0.480 e. The number of nitro groups is 1. The summed E-state index contributed by atoms with van der Waals surface area (Å²) in [5.41, 5.74) is 6.13. The number of rotatable bonds is 6. The van der Waals surface area contributed by atoms with E-state index in [-0.39, 0.29) is 28.1 Å². The average molecular weight is 468 g/mol. The molecule has 174 valence electrons. The Hall–Kier alpha value is -3.38. The molecule has 11 nitrogen and oxygen atoms in total. The molecule has 1 aromatic carbocycles. The van der Waals surface area contributed by atoms with E-state index in [0.717, 1.165) is 0 Å². The number of carbonyl (C=O) groups is 3. The fraction of sp³-hybridized carbons (Fsp3) is 0.350. The molecule has 1 unspecified atom stereocenters. The molecule has 0 aromatic heterocycles. The molecule has 0 saturated carbocycles. The van der Waals surface area contributed by atoms with Crippen LogP contribution in [0.15, 0.2) is 46.8 Å². The quantitative estimate of drug-likeness (QED) is 0.208. The fourth-order valence-corrected chi connectivity index (χ4v) is 3.20. The molecule has 1 aromatic rings. The molecule has 0 bridgehead atoms. The van der Waals surface area contributed by atoms with Gasteiger partial charge in [-0.2, -0.15) is 12.6 Å². The number of ether oxygens (including phenoxy) is 2. The molecule has 1 aliphatic heterocycles. The van der Waals surface area contributed by atoms with Crippen LogP contribution in [-0.2, 0) is 23.9 Å². The standard InChI is InChI=1S/C17H18N2O6.C3H7NO2S/c1-9-13(16(20)24-3)15(14(10(2)18-9)17(21)25-4)11-7-5-6-8-12(11)19(22)23;4-2(1-7)3(5)6/h5-8,15,18H,1-4H3;2,7H,1,4H2,(H,5,6). The molecule has 0 saturated heterocycles. The molecule has 0 spiro atoms. The Morgan fingerprint density at radius 3 is 1.97 bits per heavy atom. The molecule has 0 amide bonds. The number of nitrogens with zero attached hydrogens (tertiary/aromatic N) is 1. The van der Waals surface area contributed by atoms with Gasteiger partial charge in [-0.05, 0) is 13.8 Å². The molecule has 1 atom stereocenters. The highest BCUT2D eigenvalue weighted by Crippen LogP contribution is 2.42. The van der Waals surface area contributed by atoms with Crippen LogP contribution in [0.1, 0.15) is 25.3 Å². The van der Waals surface area contributed by atoms with Gasteiger partial charge in [-0.15, -0.1) is 0 Å². The highest BCUT2D eigenvalue weighted by Gasteiger charge is 2.40. The van der Waals surface area contributed by atoms with Gasteiger partial charge in [0.1, 0.15) is 6.04 Å². The molecular weight excluding hydrogens is 442 g/mol. The number of carbonyl (C=O) groups excluding carboxylic acids is 2. The van der Waals surface area contributed by atoms with Crippen LogP contribution in [-0.4, -0.2) is 54.0 Å². The van der Waals surface area contributed by atoms with Crippen LogP contribution >= 0.6 is 12.6 Å². The second kappa shape index (κ2) is 11.9. The number of allylic oxidation sites excluding steroid dienone is 2. The first kappa shape index (κ1) is 26.7. The van der Waals surface area contributed by atoms with Crippen LogP contribution in [0.5, 0.6) is 0 Å². The summed E-state index contributed by atoms with van der Waals surface area (Å²) in [5, 5.41) is 22.4. The third-order valence-electron chi connectivity index (χ3n) is 4.53. The Labute approximate surface area is 189 Å². The average Bonchev–Trinajstić information content (AvgIpc) is 2.77. The lowest BCUT2D eigenvalue weighted by Crippen LogP contribution is -2.32. The minimum absolute atomic E-state index is 0.128. The lowest BCUT2D eigenvalue weighted by molar-refractivity contribution is -0.385.